The number of benzene rings is 4. The summed E-state index contributed by atoms with van der Waals surface area (Å²) in [5.74, 6) is 3.85. The molecule has 12 N–H and O–H groups in total. The first-order valence-electron chi connectivity index (χ1n) is 16.5. The Morgan fingerprint density at radius 1 is 0.558 bits per heavy atom. The van der Waals surface area contributed by atoms with Crippen molar-refractivity contribution in [2.45, 2.75) is 72.1 Å². The zero-order valence-corrected chi connectivity index (χ0v) is 34.7. The number of hydrogen-bond donors (Lipinski definition) is 4. The van der Waals surface area contributed by atoms with Crippen molar-refractivity contribution in [1.82, 2.24) is 0 Å². The Hall–Kier alpha value is -2.84. The molecule has 12 heteroatoms. The van der Waals surface area contributed by atoms with Crippen molar-refractivity contribution in [3.63, 3.8) is 0 Å². The molecule has 4 aromatic carbocycles. The third-order valence-corrected chi connectivity index (χ3v) is 8.77. The topological polar surface area (TPSA) is 237 Å². The molecule has 4 unspecified atom stereocenters. The molecule has 8 atom stereocenters. The fourth-order valence-corrected chi connectivity index (χ4v) is 5.52. The summed E-state index contributed by atoms with van der Waals surface area (Å²) in [6.07, 6.45) is 1.45. The summed E-state index contributed by atoms with van der Waals surface area (Å²) in [5, 5.41) is 0. The van der Waals surface area contributed by atoms with Crippen molar-refractivity contribution in [1.29, 1.82) is 0 Å². The molecule has 52 heavy (non-hydrogen) atoms. The van der Waals surface area contributed by atoms with Gasteiger partial charge in [-0.1, -0.05) is 174 Å². The summed E-state index contributed by atoms with van der Waals surface area (Å²) in [6.45, 7) is 13.5. The molecular formula is C40H63IrN4O6S. The van der Waals surface area contributed by atoms with E-state index in [1.54, 1.807) is 0 Å². The molecule has 1 fully saturated rings. The van der Waals surface area contributed by atoms with Crippen LogP contribution in [-0.4, -0.2) is 28.5 Å². The van der Waals surface area contributed by atoms with Crippen molar-refractivity contribution >= 4 is 10.4 Å². The van der Waals surface area contributed by atoms with Gasteiger partial charge in [0.05, 0.1) is 0 Å². The number of nitrogens with one attached hydrogen (secondary N) is 2. The minimum absolute atomic E-state index is 0. The maximum atomic E-state index is 8.74. The summed E-state index contributed by atoms with van der Waals surface area (Å²) < 4.78 is 31.6. The smallest absolute Gasteiger partial charge is 0.672 e. The van der Waals surface area contributed by atoms with Gasteiger partial charge in [-0.3, -0.25) is 9.11 Å². The molecule has 0 radical (unpaired) electrons. The van der Waals surface area contributed by atoms with Crippen LogP contribution in [0.4, 0.5) is 0 Å². The van der Waals surface area contributed by atoms with Gasteiger partial charge in [0.25, 0.3) is 0 Å². The second kappa shape index (κ2) is 29.6. The second-order valence-electron chi connectivity index (χ2n) is 12.0. The van der Waals surface area contributed by atoms with Crippen LogP contribution in [0, 0.1) is 31.1 Å². The van der Waals surface area contributed by atoms with Gasteiger partial charge in [0.15, 0.2) is 0 Å². The van der Waals surface area contributed by atoms with Crippen LogP contribution in [-0.2, 0) is 30.5 Å². The molecule has 0 saturated heterocycles. The molecule has 0 bridgehead atoms. The Kier molecular flexibility index (Phi) is 31.8. The minimum Gasteiger partial charge on any atom is -0.672 e. The maximum absolute atomic E-state index is 8.74. The van der Waals surface area contributed by atoms with Crippen molar-refractivity contribution in [2.75, 3.05) is 0 Å². The van der Waals surface area contributed by atoms with Crippen LogP contribution in [0.2, 0.25) is 0 Å². The molecule has 0 aliphatic heterocycles. The fourth-order valence-electron chi connectivity index (χ4n) is 5.52. The van der Waals surface area contributed by atoms with Gasteiger partial charge in [0.1, 0.15) is 0 Å². The SMILES string of the molecule is CC.CC1CC(C)C(C)C1C.N[C@H](c1ccccc1)[C@H](N)c1ccccc1.O.O.O=S(=O)(O)O.[CH3-].[Ir+3].[NH-][C@H](c1ccccc1)[C@H]([NH-])c1ccccc1. The van der Waals surface area contributed by atoms with Crippen molar-refractivity contribution in [3.8, 4) is 0 Å². The van der Waals surface area contributed by atoms with E-state index in [-0.39, 0.29) is 50.6 Å². The van der Waals surface area contributed by atoms with Crippen molar-refractivity contribution in [2.24, 2.45) is 35.1 Å². The Balaban J connectivity index is -0.000000302. The van der Waals surface area contributed by atoms with E-state index in [0.717, 1.165) is 45.9 Å². The average molecular weight is 920 g/mol. The Morgan fingerprint density at radius 2 is 0.750 bits per heavy atom. The first-order valence-corrected chi connectivity index (χ1v) is 17.9. The van der Waals surface area contributed by atoms with Crippen LogP contribution in [0.15, 0.2) is 121 Å². The molecule has 1 aliphatic rings. The number of rotatable bonds is 6. The van der Waals surface area contributed by atoms with Crippen molar-refractivity contribution < 1.29 is 48.6 Å². The van der Waals surface area contributed by atoms with Crippen LogP contribution in [0.1, 0.15) is 94.4 Å². The molecule has 1 aliphatic carbocycles. The average Bonchev–Trinajstić information content (AvgIpc) is 3.33. The van der Waals surface area contributed by atoms with Gasteiger partial charge in [-0.2, -0.15) is 8.42 Å². The van der Waals surface area contributed by atoms with Gasteiger partial charge >= 0.3 is 30.5 Å². The minimum atomic E-state index is -4.67. The summed E-state index contributed by atoms with van der Waals surface area (Å²) >= 11 is 0. The predicted molar refractivity (Wildman–Crippen MR) is 214 cm³/mol. The largest absolute Gasteiger partial charge is 3.00 e. The summed E-state index contributed by atoms with van der Waals surface area (Å²) in [4.78, 5) is 0. The van der Waals surface area contributed by atoms with E-state index >= 15 is 0 Å². The van der Waals surface area contributed by atoms with Gasteiger partial charge in [-0.05, 0) is 41.2 Å². The molecule has 4 aromatic rings. The van der Waals surface area contributed by atoms with Crippen LogP contribution >= 0.6 is 0 Å². The number of hydrogen-bond acceptors (Lipinski definition) is 4. The normalized spacial score (nSPS) is 19.1. The molecular weight excluding hydrogens is 857 g/mol. The van der Waals surface area contributed by atoms with Gasteiger partial charge in [-0.15, -0.1) is 12.1 Å². The Labute approximate surface area is 327 Å². The summed E-state index contributed by atoms with van der Waals surface area (Å²) in [5.41, 5.74) is 32.4. The van der Waals surface area contributed by atoms with Crippen molar-refractivity contribution in [3.05, 3.63) is 162 Å². The van der Waals surface area contributed by atoms with E-state index in [9.17, 15) is 0 Å². The molecule has 0 aromatic heterocycles. The van der Waals surface area contributed by atoms with E-state index in [1.807, 2.05) is 135 Å². The first kappa shape index (κ1) is 55.9. The summed E-state index contributed by atoms with van der Waals surface area (Å²) in [6, 6.07) is 37.6. The van der Waals surface area contributed by atoms with Gasteiger partial charge < -0.3 is 41.3 Å². The molecule has 294 valence electrons. The predicted octanol–water partition coefficient (Wildman–Crippen LogP) is 9.07. The van der Waals surface area contributed by atoms with E-state index in [2.05, 4.69) is 27.7 Å². The van der Waals surface area contributed by atoms with Gasteiger partial charge in [0, 0.05) is 12.1 Å². The molecule has 5 rings (SSSR count). The van der Waals surface area contributed by atoms with E-state index in [0.29, 0.717) is 0 Å². The van der Waals surface area contributed by atoms with Crippen LogP contribution in [0.3, 0.4) is 0 Å². The molecule has 0 spiro atoms. The van der Waals surface area contributed by atoms with Crippen LogP contribution in [0.5, 0.6) is 0 Å². The Bertz CT molecular complexity index is 1300. The van der Waals surface area contributed by atoms with Crippen LogP contribution < -0.4 is 11.5 Å². The second-order valence-corrected chi connectivity index (χ2v) is 12.9. The molecule has 0 amide bonds. The third kappa shape index (κ3) is 21.0. The first-order chi connectivity index (χ1) is 22.7. The van der Waals surface area contributed by atoms with E-state index < -0.39 is 22.5 Å². The zero-order valence-electron chi connectivity index (χ0n) is 31.5. The van der Waals surface area contributed by atoms with Gasteiger partial charge in [0.2, 0.25) is 0 Å². The van der Waals surface area contributed by atoms with Gasteiger partial charge in [-0.25, -0.2) is 0 Å². The third-order valence-electron chi connectivity index (χ3n) is 8.77. The standard InChI is InChI=1S/C14H16N2.C14H14N2.C9H18.C2H6.CH3.Ir.H2O4S.2H2O/c2*15-13(11-7-3-1-4-8-11)14(16)12-9-5-2-6-10-12;1-6-5-7(2)9(4)8(6)3;1-2;;;1-5(2,3)4;;/h1-10,13-14H,15-16H2;1-10,13-16H;6-9H,5H2,1-4H3;1-2H3;1H3;;(H2,1,2,3,4);2*1H2/q;-2;;;-1;+3;;;/t2*13-,14-;;;;;;;/m11......./s1. The monoisotopic (exact) mass is 920 g/mol. The fraction of sp³-hybridized carbons (Fsp3) is 0.375. The Morgan fingerprint density at radius 3 is 0.923 bits per heavy atom. The van der Waals surface area contributed by atoms with E-state index in [4.69, 9.17) is 40.5 Å². The molecule has 10 nitrogen and oxygen atoms in total. The zero-order chi connectivity index (χ0) is 36.3. The summed E-state index contributed by atoms with van der Waals surface area (Å²) in [7, 11) is -4.67. The number of nitrogens with two attached hydrogens (primary N) is 2. The van der Waals surface area contributed by atoms with E-state index in [1.165, 1.54) is 6.42 Å². The maximum Gasteiger partial charge on any atom is 3.00 e. The quantitative estimate of drug-likeness (QED) is 0.109. The molecule has 0 heterocycles. The molecule has 1 saturated carbocycles. The van der Waals surface area contributed by atoms with Crippen LogP contribution in [0.25, 0.3) is 11.5 Å².